The third-order valence-corrected chi connectivity index (χ3v) is 4.29. The van der Waals surface area contributed by atoms with Gasteiger partial charge in [0.25, 0.3) is 5.91 Å². The number of hydrogen-bond acceptors (Lipinski definition) is 5. The molecule has 4 N–H and O–H groups in total. The maximum Gasteiger partial charge on any atom is 0.338 e. The monoisotopic (exact) mass is 385 g/mol. The lowest BCUT2D eigenvalue weighted by atomic mass is 10.2. The number of ether oxygens (including phenoxy) is 1. The van der Waals surface area contributed by atoms with Crippen LogP contribution in [0.5, 0.6) is 0 Å². The maximum absolute atomic E-state index is 12.1. The van der Waals surface area contributed by atoms with Gasteiger partial charge >= 0.3 is 12.0 Å². The molecule has 27 heavy (non-hydrogen) atoms. The third-order valence-electron chi connectivity index (χ3n) is 3.22. The molecular weight excluding hydrogens is 366 g/mol. The second kappa shape index (κ2) is 10.0. The second-order valence-corrected chi connectivity index (χ2v) is 6.35. The van der Waals surface area contributed by atoms with Gasteiger partial charge in [0.05, 0.1) is 11.3 Å². The van der Waals surface area contributed by atoms with E-state index in [0.29, 0.717) is 17.1 Å². The topological polar surface area (TPSA) is 111 Å². The second-order valence-electron chi connectivity index (χ2n) is 5.29. The van der Waals surface area contributed by atoms with Crippen LogP contribution in [0.1, 0.15) is 10.4 Å². The van der Waals surface area contributed by atoms with Gasteiger partial charge in [0.15, 0.2) is 6.61 Å². The summed E-state index contributed by atoms with van der Waals surface area (Å²) >= 11 is 1.53. The Kier molecular flexibility index (Phi) is 7.45. The van der Waals surface area contributed by atoms with Crippen molar-refractivity contribution in [2.24, 2.45) is 5.73 Å². The summed E-state index contributed by atoms with van der Waals surface area (Å²) in [5.41, 5.74) is 6.22. The number of para-hydroxylation sites is 1. The van der Waals surface area contributed by atoms with Crippen molar-refractivity contribution in [2.75, 3.05) is 23.0 Å². The number of primary amides is 1. The van der Waals surface area contributed by atoms with E-state index >= 15 is 0 Å². The fourth-order valence-corrected chi connectivity index (χ4v) is 2.86. The molecule has 2 rings (SSSR count). The van der Waals surface area contributed by atoms with Gasteiger partial charge in [-0.15, -0.1) is 18.3 Å². The SMILES string of the molecule is C=CCSc1ccccc1NC(=O)COC(=O)c1cccc(NC(N)=O)c1. The van der Waals surface area contributed by atoms with Gasteiger partial charge in [-0.25, -0.2) is 9.59 Å². The van der Waals surface area contributed by atoms with Gasteiger partial charge in [-0.2, -0.15) is 0 Å². The van der Waals surface area contributed by atoms with Crippen molar-refractivity contribution in [3.05, 3.63) is 66.7 Å². The molecule has 2 aromatic carbocycles. The van der Waals surface area contributed by atoms with Crippen LogP contribution in [-0.2, 0) is 9.53 Å². The number of rotatable bonds is 8. The molecule has 140 valence electrons. The molecule has 0 unspecified atom stereocenters. The standard InChI is InChI=1S/C19H19N3O4S/c1-2-10-27-16-9-4-3-8-15(16)22-17(23)12-26-18(24)13-6-5-7-14(11-13)21-19(20)25/h2-9,11H,1,10,12H2,(H,22,23)(H3,20,21,25). The summed E-state index contributed by atoms with van der Waals surface area (Å²) in [6, 6.07) is 12.6. The zero-order valence-electron chi connectivity index (χ0n) is 14.4. The molecule has 8 heteroatoms. The number of benzene rings is 2. The predicted octanol–water partition coefficient (Wildman–Crippen LogP) is 3.25. The highest BCUT2D eigenvalue weighted by molar-refractivity contribution is 7.99. The average Bonchev–Trinajstić information content (AvgIpc) is 2.65. The minimum atomic E-state index is -0.743. The molecule has 0 saturated carbocycles. The number of carbonyl (C=O) groups is 3. The Morgan fingerprint density at radius 1 is 1.11 bits per heavy atom. The van der Waals surface area contributed by atoms with E-state index in [1.807, 2.05) is 12.1 Å². The van der Waals surface area contributed by atoms with E-state index < -0.39 is 24.5 Å². The van der Waals surface area contributed by atoms with Crippen molar-refractivity contribution in [3.63, 3.8) is 0 Å². The Morgan fingerprint density at radius 3 is 2.63 bits per heavy atom. The van der Waals surface area contributed by atoms with Crippen LogP contribution < -0.4 is 16.4 Å². The molecule has 0 aliphatic rings. The summed E-state index contributed by atoms with van der Waals surface area (Å²) < 4.78 is 5.03. The summed E-state index contributed by atoms with van der Waals surface area (Å²) in [6.07, 6.45) is 1.77. The van der Waals surface area contributed by atoms with Crippen LogP contribution in [-0.4, -0.2) is 30.3 Å². The quantitative estimate of drug-likeness (QED) is 0.367. The van der Waals surface area contributed by atoms with Gasteiger partial charge in [-0.05, 0) is 30.3 Å². The fourth-order valence-electron chi connectivity index (χ4n) is 2.11. The first kappa shape index (κ1) is 20.1. The van der Waals surface area contributed by atoms with Crippen LogP contribution in [0, 0.1) is 0 Å². The van der Waals surface area contributed by atoms with Crippen molar-refractivity contribution in [3.8, 4) is 0 Å². The lowest BCUT2D eigenvalue weighted by Crippen LogP contribution is -2.22. The normalized spacial score (nSPS) is 9.93. The summed E-state index contributed by atoms with van der Waals surface area (Å²) in [4.78, 5) is 35.9. The van der Waals surface area contributed by atoms with Gasteiger partial charge in [0.1, 0.15) is 0 Å². The highest BCUT2D eigenvalue weighted by atomic mass is 32.2. The first-order valence-corrected chi connectivity index (χ1v) is 8.94. The van der Waals surface area contributed by atoms with Crippen molar-refractivity contribution < 1.29 is 19.1 Å². The number of anilines is 2. The van der Waals surface area contributed by atoms with E-state index in [-0.39, 0.29) is 5.56 Å². The Morgan fingerprint density at radius 2 is 1.89 bits per heavy atom. The molecule has 0 aliphatic carbocycles. The number of nitrogens with one attached hydrogen (secondary N) is 2. The highest BCUT2D eigenvalue weighted by Gasteiger charge is 2.12. The van der Waals surface area contributed by atoms with Gasteiger partial charge in [-0.3, -0.25) is 4.79 Å². The maximum atomic E-state index is 12.1. The molecule has 0 saturated heterocycles. The van der Waals surface area contributed by atoms with Crippen LogP contribution in [0.15, 0.2) is 66.1 Å². The summed E-state index contributed by atoms with van der Waals surface area (Å²) in [7, 11) is 0. The number of nitrogens with two attached hydrogens (primary N) is 1. The minimum absolute atomic E-state index is 0.191. The summed E-state index contributed by atoms with van der Waals surface area (Å²) in [5.74, 6) is -0.439. The average molecular weight is 385 g/mol. The van der Waals surface area contributed by atoms with Crippen LogP contribution in [0.25, 0.3) is 0 Å². The predicted molar refractivity (Wildman–Crippen MR) is 106 cm³/mol. The van der Waals surface area contributed by atoms with Gasteiger partial charge in [-0.1, -0.05) is 24.3 Å². The summed E-state index contributed by atoms with van der Waals surface area (Å²) in [6.45, 7) is 3.23. The number of carbonyl (C=O) groups excluding carboxylic acids is 3. The largest absolute Gasteiger partial charge is 0.452 e. The van der Waals surface area contributed by atoms with E-state index in [1.165, 1.54) is 23.9 Å². The molecule has 7 nitrogen and oxygen atoms in total. The van der Waals surface area contributed by atoms with E-state index in [1.54, 1.807) is 30.3 Å². The molecular formula is C19H19N3O4S. The number of esters is 1. The van der Waals surface area contributed by atoms with E-state index in [2.05, 4.69) is 17.2 Å². The Labute approximate surface area is 161 Å². The van der Waals surface area contributed by atoms with Gasteiger partial charge in [0, 0.05) is 16.3 Å². The lowest BCUT2D eigenvalue weighted by molar-refractivity contribution is -0.119. The van der Waals surface area contributed by atoms with E-state index in [4.69, 9.17) is 10.5 Å². The Balaban J connectivity index is 1.93. The van der Waals surface area contributed by atoms with Crippen LogP contribution in [0.3, 0.4) is 0 Å². The van der Waals surface area contributed by atoms with Crippen molar-refractivity contribution >= 4 is 41.0 Å². The zero-order chi connectivity index (χ0) is 19.6. The first-order valence-electron chi connectivity index (χ1n) is 7.96. The molecule has 0 atom stereocenters. The molecule has 0 aromatic heterocycles. The number of amides is 3. The highest BCUT2D eigenvalue weighted by Crippen LogP contribution is 2.26. The molecule has 0 radical (unpaired) electrons. The fraction of sp³-hybridized carbons (Fsp3) is 0.105. The Bertz CT molecular complexity index is 854. The third kappa shape index (κ3) is 6.52. The van der Waals surface area contributed by atoms with E-state index in [0.717, 1.165) is 4.90 Å². The molecule has 0 fully saturated rings. The molecule has 3 amide bonds. The number of urea groups is 1. The molecule has 2 aromatic rings. The summed E-state index contributed by atoms with van der Waals surface area (Å²) in [5, 5.41) is 5.08. The number of hydrogen-bond donors (Lipinski definition) is 3. The first-order chi connectivity index (χ1) is 13.0. The van der Waals surface area contributed by atoms with Crippen molar-refractivity contribution in [2.45, 2.75) is 4.90 Å². The van der Waals surface area contributed by atoms with Gasteiger partial charge < -0.3 is 21.1 Å². The van der Waals surface area contributed by atoms with Crippen LogP contribution in [0.2, 0.25) is 0 Å². The van der Waals surface area contributed by atoms with Crippen LogP contribution in [0.4, 0.5) is 16.2 Å². The van der Waals surface area contributed by atoms with Gasteiger partial charge in [0.2, 0.25) is 0 Å². The molecule has 0 aliphatic heterocycles. The molecule has 0 bridgehead atoms. The molecule has 0 spiro atoms. The number of thioether (sulfide) groups is 1. The van der Waals surface area contributed by atoms with Crippen LogP contribution >= 0.6 is 11.8 Å². The smallest absolute Gasteiger partial charge is 0.338 e. The zero-order valence-corrected chi connectivity index (χ0v) is 15.3. The van der Waals surface area contributed by atoms with Crippen molar-refractivity contribution in [1.82, 2.24) is 0 Å². The van der Waals surface area contributed by atoms with E-state index in [9.17, 15) is 14.4 Å². The molecule has 0 heterocycles. The lowest BCUT2D eigenvalue weighted by Gasteiger charge is -2.10. The van der Waals surface area contributed by atoms with Crippen molar-refractivity contribution in [1.29, 1.82) is 0 Å². The minimum Gasteiger partial charge on any atom is -0.452 e. The Hall–Kier alpha value is -3.26.